The third-order valence-electron chi connectivity index (χ3n) is 28.1. The predicted molar refractivity (Wildman–Crippen MR) is 326 cm³/mol. The summed E-state index contributed by atoms with van der Waals surface area (Å²) < 4.78 is 29.1. The fourth-order valence-electron chi connectivity index (χ4n) is 24.6. The van der Waals surface area contributed by atoms with Gasteiger partial charge < -0.3 is 10.6 Å². The molecule has 8 nitrogen and oxygen atoms in total. The highest BCUT2D eigenvalue weighted by atomic mass is 32.2. The Morgan fingerprint density at radius 2 is 0.595 bits per heavy atom. The molecule has 79 heavy (non-hydrogen) atoms. The van der Waals surface area contributed by atoms with Crippen molar-refractivity contribution in [2.45, 2.75) is 366 Å². The van der Waals surface area contributed by atoms with E-state index < -0.39 is 9.84 Å². The number of rotatable bonds is 12. The van der Waals surface area contributed by atoms with Gasteiger partial charge in [-0.25, -0.2) is 8.42 Å². The molecule has 10 atom stereocenters. The summed E-state index contributed by atoms with van der Waals surface area (Å²) in [4.78, 5) is 12.9. The van der Waals surface area contributed by atoms with Gasteiger partial charge in [0.1, 0.15) is 0 Å². The summed E-state index contributed by atoms with van der Waals surface area (Å²) in [6, 6.07) is 10.0. The van der Waals surface area contributed by atoms with Crippen LogP contribution in [-0.2, 0) is 9.84 Å². The number of fused-ring (bicyclic) bond motifs is 6. The van der Waals surface area contributed by atoms with E-state index in [1.54, 1.807) is 0 Å². The van der Waals surface area contributed by atoms with Crippen molar-refractivity contribution in [3.63, 3.8) is 0 Å². The van der Waals surface area contributed by atoms with Crippen molar-refractivity contribution >= 4 is 9.84 Å². The minimum absolute atomic E-state index is 0.0570. The fourth-order valence-corrected chi connectivity index (χ4v) is 27.0. The summed E-state index contributed by atoms with van der Waals surface area (Å²) in [6.45, 7) is 4.98. The van der Waals surface area contributed by atoms with E-state index in [0.717, 1.165) is 146 Å². The lowest BCUT2D eigenvalue weighted by atomic mass is 9.71. The molecule has 14 aliphatic rings. The van der Waals surface area contributed by atoms with Crippen molar-refractivity contribution in [2.75, 3.05) is 26.2 Å². The lowest BCUT2D eigenvalue weighted by Gasteiger charge is -2.50. The van der Waals surface area contributed by atoms with Crippen LogP contribution in [0.3, 0.4) is 0 Å². The van der Waals surface area contributed by atoms with Gasteiger partial charge in [0.15, 0.2) is 9.84 Å². The van der Waals surface area contributed by atoms with Gasteiger partial charge >= 0.3 is 0 Å². The van der Waals surface area contributed by atoms with Crippen LogP contribution >= 0.6 is 0 Å². The molecule has 4 aliphatic heterocycles. The number of sulfone groups is 1. The lowest BCUT2D eigenvalue weighted by Crippen LogP contribution is -2.55. The lowest BCUT2D eigenvalue weighted by molar-refractivity contribution is -0.00802. The van der Waals surface area contributed by atoms with E-state index in [1.165, 1.54) is 283 Å². The third-order valence-corrected chi connectivity index (χ3v) is 30.9. The maximum Gasteiger partial charge on any atom is 0.156 e. The van der Waals surface area contributed by atoms with Gasteiger partial charge in [-0.05, 0) is 279 Å². The molecule has 0 radical (unpaired) electrons. The Kier molecular flexibility index (Phi) is 18.3. The SMILES string of the molecule is O=S(=O)(C1CCC(C2CCC(N3C4CCNCC4C4CC(N(C5CCCCC5)C5CCCCC5)CCC43)CC2)CC1)C1CCC(C2CCC(N3C4CCNCC4C4CC(N(C5CCCCC5)C5CCCCC5)CCC43)CC2)CC1. The average Bonchev–Trinajstić information content (AvgIpc) is 4.25. The van der Waals surface area contributed by atoms with E-state index in [1.807, 2.05) is 0 Å². The van der Waals surface area contributed by atoms with Gasteiger partial charge in [0, 0.05) is 72.5 Å². The predicted octanol–water partition coefficient (Wildman–Crippen LogP) is 14.2. The molecular formula is C70H120N6O2S. The van der Waals surface area contributed by atoms with Crippen molar-refractivity contribution in [1.82, 2.24) is 30.2 Å². The highest BCUT2D eigenvalue weighted by Gasteiger charge is 2.57. The van der Waals surface area contributed by atoms with E-state index in [0.29, 0.717) is 0 Å². The highest BCUT2D eigenvalue weighted by Crippen LogP contribution is 2.54. The van der Waals surface area contributed by atoms with Crippen LogP contribution in [0.15, 0.2) is 0 Å². The first kappa shape index (κ1) is 56.5. The van der Waals surface area contributed by atoms with Gasteiger partial charge in [0.05, 0.1) is 10.5 Å². The van der Waals surface area contributed by atoms with Crippen molar-refractivity contribution in [3.8, 4) is 0 Å². The summed E-state index contributed by atoms with van der Waals surface area (Å²) in [6.07, 6.45) is 60.8. The van der Waals surface area contributed by atoms with Crippen molar-refractivity contribution in [1.29, 1.82) is 0 Å². The van der Waals surface area contributed by atoms with Gasteiger partial charge in [-0.3, -0.25) is 19.6 Å². The van der Waals surface area contributed by atoms with Gasteiger partial charge in [-0.2, -0.15) is 0 Å². The Morgan fingerprint density at radius 3 is 0.924 bits per heavy atom. The molecule has 10 aliphatic carbocycles. The van der Waals surface area contributed by atoms with Gasteiger partial charge in [0.25, 0.3) is 0 Å². The summed E-state index contributed by atoms with van der Waals surface area (Å²) in [5, 5.41) is 7.76. The maximum absolute atomic E-state index is 14.6. The van der Waals surface area contributed by atoms with Crippen LogP contribution in [0.1, 0.15) is 283 Å². The third kappa shape index (κ3) is 11.6. The fraction of sp³-hybridized carbons (Fsp3) is 1.00. The van der Waals surface area contributed by atoms with Crippen LogP contribution in [-0.4, -0.2) is 137 Å². The number of hydrogen-bond acceptors (Lipinski definition) is 8. The zero-order valence-corrected chi connectivity index (χ0v) is 51.5. The molecule has 14 fully saturated rings. The first-order chi connectivity index (χ1) is 38.9. The number of hydrogen-bond donors (Lipinski definition) is 2. The van der Waals surface area contributed by atoms with Crippen LogP contribution in [0.4, 0.5) is 0 Å². The Hall–Kier alpha value is -0.290. The van der Waals surface area contributed by atoms with Crippen LogP contribution in [0.2, 0.25) is 0 Å². The summed E-state index contributed by atoms with van der Waals surface area (Å²) in [7, 11) is -3.05. The minimum atomic E-state index is -3.05. The second-order valence-electron chi connectivity index (χ2n) is 31.6. The van der Waals surface area contributed by atoms with Crippen LogP contribution in [0.25, 0.3) is 0 Å². The van der Waals surface area contributed by atoms with E-state index >= 15 is 0 Å². The summed E-state index contributed by atoms with van der Waals surface area (Å²) in [5.74, 6) is 6.71. The second kappa shape index (κ2) is 25.6. The van der Waals surface area contributed by atoms with E-state index in [2.05, 4.69) is 30.2 Å². The molecule has 2 N–H and O–H groups in total. The van der Waals surface area contributed by atoms with Crippen LogP contribution in [0, 0.1) is 47.3 Å². The van der Waals surface area contributed by atoms with Crippen LogP contribution < -0.4 is 10.6 Å². The smallest absolute Gasteiger partial charge is 0.156 e. The van der Waals surface area contributed by atoms with E-state index in [-0.39, 0.29) is 10.5 Å². The Bertz CT molecular complexity index is 1850. The first-order valence-corrected chi connectivity index (χ1v) is 38.3. The maximum atomic E-state index is 14.6. The van der Waals surface area contributed by atoms with Gasteiger partial charge in [-0.1, -0.05) is 77.0 Å². The average molecular weight is 1110 g/mol. The van der Waals surface area contributed by atoms with Gasteiger partial charge in [0.2, 0.25) is 0 Å². The molecule has 4 saturated heterocycles. The molecule has 0 amide bonds. The zero-order valence-electron chi connectivity index (χ0n) is 50.7. The van der Waals surface area contributed by atoms with Crippen LogP contribution in [0.5, 0.6) is 0 Å². The zero-order chi connectivity index (χ0) is 52.9. The number of nitrogens with one attached hydrogen (secondary N) is 2. The number of likely N-dealkylation sites (tertiary alicyclic amines) is 2. The van der Waals surface area contributed by atoms with Gasteiger partial charge in [-0.15, -0.1) is 0 Å². The number of piperidine rings is 2. The summed E-state index contributed by atoms with van der Waals surface area (Å²) >= 11 is 0. The topological polar surface area (TPSA) is 71.2 Å². The quantitative estimate of drug-likeness (QED) is 0.200. The molecule has 0 aromatic heterocycles. The Balaban J connectivity index is 0.537. The summed E-state index contributed by atoms with van der Waals surface area (Å²) in [5.41, 5.74) is 0. The molecule has 10 saturated carbocycles. The molecule has 0 spiro atoms. The number of nitrogens with zero attached hydrogens (tertiary/aromatic N) is 4. The van der Waals surface area contributed by atoms with Crippen molar-refractivity contribution in [3.05, 3.63) is 0 Å². The molecule has 4 heterocycles. The second-order valence-corrected chi connectivity index (χ2v) is 34.1. The molecular weight excluding hydrogens is 989 g/mol. The Labute approximate surface area is 485 Å². The highest BCUT2D eigenvalue weighted by molar-refractivity contribution is 7.92. The molecule has 0 aromatic carbocycles. The standard InChI is InChI=1S/C70H120N6O2S/c77-79(78,61-35-25-51(26-36-61)49-21-29-57(30-22-49)75-67-39-33-59(45-63(67)65-47-71-43-41-69(65)75)73(53-13-5-1-6-14-53)54-15-7-2-8-16-54)62-37-27-52(28-38-62)50-23-31-58(32-24-50)76-68-40-34-60(46-64(68)66-48-72-44-42-70(66)76)74(55-17-9-3-10-18-55)56-19-11-4-12-20-56/h49-72H,1-48H2. The van der Waals surface area contributed by atoms with E-state index in [9.17, 15) is 8.42 Å². The van der Waals surface area contributed by atoms with Crippen molar-refractivity contribution in [2.24, 2.45) is 47.3 Å². The monoisotopic (exact) mass is 1110 g/mol. The largest absolute Gasteiger partial charge is 0.316 e. The molecule has 0 aromatic rings. The molecule has 14 rings (SSSR count). The first-order valence-electron chi connectivity index (χ1n) is 36.7. The van der Waals surface area contributed by atoms with E-state index in [4.69, 9.17) is 0 Å². The van der Waals surface area contributed by atoms with Crippen molar-refractivity contribution < 1.29 is 8.42 Å². The Morgan fingerprint density at radius 1 is 0.291 bits per heavy atom. The molecule has 10 unspecified atom stereocenters. The molecule has 9 heteroatoms. The molecule has 448 valence electrons. The molecule has 0 bridgehead atoms. The normalized spacial score (nSPS) is 45.2. The minimum Gasteiger partial charge on any atom is -0.316 e.